The van der Waals surface area contributed by atoms with Crippen LogP contribution in [0.5, 0.6) is 11.5 Å². The number of hydrazone groups is 1. The van der Waals surface area contributed by atoms with Crippen LogP contribution in [0.15, 0.2) is 27.8 Å². The van der Waals surface area contributed by atoms with Crippen molar-refractivity contribution in [2.24, 2.45) is 16.0 Å². The number of amides is 5. The van der Waals surface area contributed by atoms with Gasteiger partial charge in [-0.3, -0.25) is 14.4 Å². The number of urea groups is 1. The third-order valence-corrected chi connectivity index (χ3v) is 12.0. The number of halogens is 1. The number of thiazole rings is 1. The zero-order valence-corrected chi connectivity index (χ0v) is 29.4. The Balaban J connectivity index is 1.27. The fourth-order valence-corrected chi connectivity index (χ4v) is 9.24. The Bertz CT molecular complexity index is 1900. The number of likely N-dealkylation sites (tertiary alicyclic amines) is 1. The summed E-state index contributed by atoms with van der Waals surface area (Å²) in [6.45, 7) is 2.21. The van der Waals surface area contributed by atoms with Gasteiger partial charge in [-0.2, -0.15) is 5.10 Å². The number of carbonyl (C=O) groups excluding carboxylic acids is 4. The molecule has 2 aromatic rings. The van der Waals surface area contributed by atoms with Crippen LogP contribution in [0.3, 0.4) is 0 Å². The smallest absolute Gasteiger partial charge is 0.350 e. The molecule has 0 unspecified atom stereocenters. The number of nitrogen functional groups attached to an aromatic ring is 1. The molecule has 1 aromatic heterocycles. The van der Waals surface area contributed by atoms with Gasteiger partial charge in [-0.25, -0.2) is 24.8 Å². The van der Waals surface area contributed by atoms with Crippen molar-refractivity contribution in [1.82, 2.24) is 25.5 Å². The van der Waals surface area contributed by atoms with E-state index in [9.17, 15) is 49.2 Å². The first-order chi connectivity index (χ1) is 23.8. The normalized spacial score (nSPS) is 22.1. The minimum atomic E-state index is -1.83. The second kappa shape index (κ2) is 14.0. The molecule has 3 saturated heterocycles. The van der Waals surface area contributed by atoms with Crippen molar-refractivity contribution in [2.45, 2.75) is 40.2 Å². The highest BCUT2D eigenvalue weighted by atomic mass is 35.5. The van der Waals surface area contributed by atoms with Crippen molar-refractivity contribution < 1.29 is 54.0 Å². The summed E-state index contributed by atoms with van der Waals surface area (Å²) in [5.41, 5.74) is 9.84. The molecule has 51 heavy (non-hydrogen) atoms. The molecule has 0 aliphatic carbocycles. The number of benzene rings is 1. The van der Waals surface area contributed by atoms with Gasteiger partial charge in [0.15, 0.2) is 32.1 Å². The summed E-state index contributed by atoms with van der Waals surface area (Å²) < 4.78 is -1.59. The number of thioether (sulfide) groups is 2. The number of aromatic hydroxyl groups is 2. The van der Waals surface area contributed by atoms with E-state index in [1.165, 1.54) is 35.1 Å². The number of anilines is 1. The lowest BCUT2D eigenvalue weighted by Gasteiger charge is -2.41. The maximum absolute atomic E-state index is 13.4. The van der Waals surface area contributed by atoms with Crippen LogP contribution in [0, 0.1) is 0 Å². The molecule has 24 heteroatoms. The number of oxime groups is 1. The number of nitrogens with one attached hydrogen (secondary N) is 2. The standard InChI is InChI=1S/C27H28ClN9O11S3/c1-26(2,22(43)44)48-35-15(11-7-49-25(30)31-11)18(40)32-16-20(42)37-8-27(23(45)46,51-21(16)37)50-9-5-36(6-9)19(41)14(33-34-24(29)47)10-3-4-12(38)17(39)13(10)28/h3-4,7,9,16,21,38-39H,5-6,8H2,1-2H3,(H2,30,31)(H,32,40)(H,43,44)(H,45,46)(H3,29,34,47)/b33-14?,35-15-/t16-,21-,27-/m1/s1. The number of nitrogens with two attached hydrogens (primary N) is 2. The predicted octanol–water partition coefficient (Wildman–Crippen LogP) is -0.429. The molecule has 0 spiro atoms. The summed E-state index contributed by atoms with van der Waals surface area (Å²) in [4.78, 5) is 87.0. The van der Waals surface area contributed by atoms with Crippen molar-refractivity contribution in [1.29, 1.82) is 0 Å². The summed E-state index contributed by atoms with van der Waals surface area (Å²) >= 11 is 9.03. The maximum Gasteiger partial charge on any atom is 0.350 e. The van der Waals surface area contributed by atoms with Crippen LogP contribution < -0.4 is 22.2 Å². The number of carboxylic acid groups (broad SMARTS) is 2. The van der Waals surface area contributed by atoms with Crippen LogP contribution in [-0.4, -0.2) is 128 Å². The van der Waals surface area contributed by atoms with E-state index in [4.69, 9.17) is 27.9 Å². The molecule has 0 bridgehead atoms. The van der Waals surface area contributed by atoms with E-state index >= 15 is 0 Å². The molecule has 5 rings (SSSR count). The van der Waals surface area contributed by atoms with Crippen molar-refractivity contribution in [3.8, 4) is 11.5 Å². The second-order valence-electron chi connectivity index (χ2n) is 11.6. The summed E-state index contributed by atoms with van der Waals surface area (Å²) in [5.74, 6) is -6.19. The van der Waals surface area contributed by atoms with E-state index in [0.717, 1.165) is 40.9 Å². The van der Waals surface area contributed by atoms with Gasteiger partial charge in [0.2, 0.25) is 11.5 Å². The third-order valence-electron chi connectivity index (χ3n) is 7.63. The Morgan fingerprint density at radius 2 is 1.86 bits per heavy atom. The quantitative estimate of drug-likeness (QED) is 0.0586. The molecule has 20 nitrogen and oxygen atoms in total. The predicted molar refractivity (Wildman–Crippen MR) is 183 cm³/mol. The van der Waals surface area contributed by atoms with Crippen molar-refractivity contribution in [2.75, 3.05) is 25.4 Å². The molecule has 3 atom stereocenters. The molecule has 3 aliphatic heterocycles. The number of β-lactam (4-membered cyclic amide) rings is 1. The number of hydrogen-bond donors (Lipinski definition) is 8. The lowest BCUT2D eigenvalue weighted by molar-refractivity contribution is -0.161. The van der Waals surface area contributed by atoms with Gasteiger partial charge in [0.05, 0.1) is 11.6 Å². The Morgan fingerprint density at radius 3 is 2.45 bits per heavy atom. The molecule has 272 valence electrons. The second-order valence-corrected chi connectivity index (χ2v) is 16.1. The fraction of sp³-hybridized carbons (Fsp3) is 0.370. The average Bonchev–Trinajstić information content (AvgIpc) is 3.63. The van der Waals surface area contributed by atoms with E-state index in [-0.39, 0.29) is 36.0 Å². The number of fused-ring (bicyclic) bond motifs is 1. The zero-order valence-electron chi connectivity index (χ0n) is 26.2. The first kappa shape index (κ1) is 37.3. The van der Waals surface area contributed by atoms with E-state index in [1.807, 2.05) is 5.43 Å². The highest BCUT2D eigenvalue weighted by molar-refractivity contribution is 8.20. The molecule has 1 aromatic carbocycles. The van der Waals surface area contributed by atoms with Gasteiger partial charge < -0.3 is 51.8 Å². The summed E-state index contributed by atoms with van der Waals surface area (Å²) in [6.07, 6.45) is 0. The van der Waals surface area contributed by atoms with Crippen LogP contribution in [0.2, 0.25) is 5.02 Å². The summed E-state index contributed by atoms with van der Waals surface area (Å²) in [6, 6.07) is -0.0264. The van der Waals surface area contributed by atoms with Gasteiger partial charge in [0, 0.05) is 29.3 Å². The zero-order chi connectivity index (χ0) is 37.6. The Kier molecular flexibility index (Phi) is 10.2. The van der Waals surface area contributed by atoms with Crippen LogP contribution in [0.4, 0.5) is 9.93 Å². The van der Waals surface area contributed by atoms with Crippen LogP contribution in [-0.2, 0) is 28.8 Å². The number of primary amides is 1. The fourth-order valence-electron chi connectivity index (χ4n) is 4.82. The summed E-state index contributed by atoms with van der Waals surface area (Å²) in [7, 11) is 0. The summed E-state index contributed by atoms with van der Waals surface area (Å²) in [5, 5.41) is 49.2. The highest BCUT2D eigenvalue weighted by Gasteiger charge is 2.64. The van der Waals surface area contributed by atoms with Crippen LogP contribution in [0.25, 0.3) is 0 Å². The average molecular weight is 786 g/mol. The molecular formula is C27H28ClN9O11S3. The number of aromatic nitrogens is 1. The number of carbonyl (C=O) groups is 6. The first-order valence-corrected chi connectivity index (χ1v) is 17.4. The van der Waals surface area contributed by atoms with E-state index in [1.54, 1.807) is 0 Å². The molecule has 0 saturated carbocycles. The molecule has 5 amide bonds. The molecule has 4 heterocycles. The molecule has 0 radical (unpaired) electrons. The highest BCUT2D eigenvalue weighted by Crippen LogP contribution is 2.54. The third kappa shape index (κ3) is 7.27. The maximum atomic E-state index is 13.4. The number of hydrogen-bond acceptors (Lipinski definition) is 16. The number of rotatable bonds is 12. The number of phenols is 2. The Morgan fingerprint density at radius 1 is 1.18 bits per heavy atom. The monoisotopic (exact) mass is 785 g/mol. The van der Waals surface area contributed by atoms with Gasteiger partial charge in [-0.05, 0) is 26.0 Å². The number of nitrogens with zero attached hydrogens (tertiary/aromatic N) is 5. The van der Waals surface area contributed by atoms with E-state index < -0.39 is 90.0 Å². The lowest BCUT2D eigenvalue weighted by Crippen LogP contribution is -2.68. The number of carboxylic acids is 2. The minimum Gasteiger partial charge on any atom is -0.504 e. The lowest BCUT2D eigenvalue weighted by atomic mass is 10.1. The van der Waals surface area contributed by atoms with Crippen molar-refractivity contribution in [3.63, 3.8) is 0 Å². The molecule has 10 N–H and O–H groups in total. The van der Waals surface area contributed by atoms with Gasteiger partial charge in [-0.1, -0.05) is 16.8 Å². The SMILES string of the molecule is CC(C)(O/N=C(\C(=O)N[C@@H]1C(=O)N2C[C@](SC3CN(C(=O)C(=NNC(N)=O)c4ccc(O)c(O)c4Cl)C3)(C(=O)O)S[C@H]12)c1csc(N)n1)C(=O)O. The van der Waals surface area contributed by atoms with Crippen LogP contribution >= 0.6 is 46.5 Å². The molecular weight excluding hydrogens is 758 g/mol. The van der Waals surface area contributed by atoms with Gasteiger partial charge in [-0.15, -0.1) is 34.9 Å². The number of phenolic OH excluding ortho intramolecular Hbond substituents is 2. The first-order valence-electron chi connectivity index (χ1n) is 14.4. The molecule has 3 fully saturated rings. The van der Waals surface area contributed by atoms with Crippen molar-refractivity contribution >= 4 is 98.7 Å². The minimum absolute atomic E-state index is 0.0123. The topological polar surface area (TPSA) is 313 Å². The van der Waals surface area contributed by atoms with Gasteiger partial charge in [0.25, 0.3) is 11.8 Å². The largest absolute Gasteiger partial charge is 0.504 e. The van der Waals surface area contributed by atoms with E-state index in [2.05, 4.69) is 20.6 Å². The Labute approximate surface area is 304 Å². The van der Waals surface area contributed by atoms with Gasteiger partial charge >= 0.3 is 18.0 Å². The number of aliphatic carboxylic acids is 2. The van der Waals surface area contributed by atoms with E-state index in [0.29, 0.717) is 0 Å². The Hall–Kier alpha value is -5.00. The van der Waals surface area contributed by atoms with Gasteiger partial charge in [0.1, 0.15) is 17.1 Å². The van der Waals surface area contributed by atoms with Crippen molar-refractivity contribution in [3.05, 3.63) is 33.8 Å². The van der Waals surface area contributed by atoms with Crippen LogP contribution in [0.1, 0.15) is 25.1 Å². The molecule has 3 aliphatic rings.